The summed E-state index contributed by atoms with van der Waals surface area (Å²) in [6.07, 6.45) is 2.34. The zero-order chi connectivity index (χ0) is 40.3. The lowest BCUT2D eigenvalue weighted by Crippen LogP contribution is -2.58. The van der Waals surface area contributed by atoms with Crippen molar-refractivity contribution in [1.82, 2.24) is 20.5 Å². The summed E-state index contributed by atoms with van der Waals surface area (Å²) in [6.45, 7) is 11.0. The van der Waals surface area contributed by atoms with E-state index in [1.807, 2.05) is 107 Å². The van der Waals surface area contributed by atoms with Crippen LogP contribution in [0.1, 0.15) is 65.9 Å². The number of amides is 3. The lowest BCUT2D eigenvalue weighted by atomic mass is 9.92. The molecule has 296 valence electrons. The van der Waals surface area contributed by atoms with Crippen LogP contribution in [-0.2, 0) is 30.8 Å². The number of nitrogens with one attached hydrogen (secondary N) is 2. The first kappa shape index (κ1) is 39.8. The molecule has 7 rings (SSSR count). The van der Waals surface area contributed by atoms with Crippen molar-refractivity contribution in [1.29, 1.82) is 0 Å². The van der Waals surface area contributed by atoms with Crippen molar-refractivity contribution in [3.05, 3.63) is 140 Å². The van der Waals surface area contributed by atoms with Crippen LogP contribution in [0.15, 0.2) is 91.1 Å². The second-order valence-corrected chi connectivity index (χ2v) is 16.2. The topological polar surface area (TPSA) is 111 Å². The highest BCUT2D eigenvalue weighted by molar-refractivity contribution is 6.42. The van der Waals surface area contributed by atoms with E-state index in [-0.39, 0.29) is 24.6 Å². The molecule has 3 heterocycles. The number of rotatable bonds is 10. The second kappa shape index (κ2) is 17.0. The summed E-state index contributed by atoms with van der Waals surface area (Å²) < 4.78 is 24.7. The molecule has 0 radical (unpaired) electrons. The van der Waals surface area contributed by atoms with Crippen molar-refractivity contribution in [3.63, 3.8) is 0 Å². The standard InChI is InChI=1S/C45H46Cl2N4O6/c1-27-28(2)48-19-17-39(27)56-35-11-6-29(7-12-35)16-18-49-43(52)38-21-32-22-40-41(23-33(32)24-51(38)44(53)50-45(3,4)5)57-42(26-55-40)31-9-13-34(14-10-31)54-25-30-8-15-36(46)37(47)20-30/h6-15,17,19-20,22-23,38,42H,16,18,21,24-26H2,1-5H3,(H,49,52)(H,50,53). The predicted molar refractivity (Wildman–Crippen MR) is 221 cm³/mol. The molecule has 2 N–H and O–H groups in total. The van der Waals surface area contributed by atoms with Crippen molar-refractivity contribution in [3.8, 4) is 28.7 Å². The minimum atomic E-state index is -0.713. The third-order valence-corrected chi connectivity index (χ3v) is 10.8. The number of carbonyl (C=O) groups is 2. The normalized spacial score (nSPS) is 16.0. The van der Waals surface area contributed by atoms with Gasteiger partial charge in [-0.2, -0.15) is 0 Å². The van der Waals surface area contributed by atoms with Crippen LogP contribution < -0.4 is 29.6 Å². The van der Waals surface area contributed by atoms with Crippen molar-refractivity contribution >= 4 is 35.1 Å². The van der Waals surface area contributed by atoms with Crippen LogP contribution in [0.3, 0.4) is 0 Å². The van der Waals surface area contributed by atoms with Crippen LogP contribution in [-0.4, -0.2) is 46.6 Å². The molecular formula is C45H46Cl2N4O6. The Morgan fingerprint density at radius 3 is 2.33 bits per heavy atom. The van der Waals surface area contributed by atoms with E-state index in [4.69, 9.17) is 42.1 Å². The minimum Gasteiger partial charge on any atom is -0.489 e. The third kappa shape index (κ3) is 9.75. The van der Waals surface area contributed by atoms with Crippen molar-refractivity contribution in [2.45, 2.75) is 78.3 Å². The summed E-state index contributed by atoms with van der Waals surface area (Å²) in [7, 11) is 0. The Labute approximate surface area is 343 Å². The number of carbonyl (C=O) groups excluding carboxylic acids is 2. The van der Waals surface area contributed by atoms with Crippen molar-refractivity contribution in [2.24, 2.45) is 0 Å². The Morgan fingerprint density at radius 1 is 0.877 bits per heavy atom. The van der Waals surface area contributed by atoms with Gasteiger partial charge in [0.2, 0.25) is 5.91 Å². The van der Waals surface area contributed by atoms with Crippen LogP contribution in [0.5, 0.6) is 28.7 Å². The molecule has 0 bridgehead atoms. The molecule has 2 unspecified atom stereocenters. The number of hydrogen-bond acceptors (Lipinski definition) is 7. The van der Waals surface area contributed by atoms with Crippen LogP contribution >= 0.6 is 23.2 Å². The monoisotopic (exact) mass is 808 g/mol. The van der Waals surface area contributed by atoms with Gasteiger partial charge in [-0.05, 0) is 123 Å². The van der Waals surface area contributed by atoms with E-state index in [1.165, 1.54) is 0 Å². The Bertz CT molecular complexity index is 2260. The maximum Gasteiger partial charge on any atom is 0.318 e. The van der Waals surface area contributed by atoms with Gasteiger partial charge in [0, 0.05) is 42.5 Å². The molecule has 0 spiro atoms. The number of aromatic nitrogens is 1. The first-order valence-electron chi connectivity index (χ1n) is 19.0. The molecule has 2 aliphatic heterocycles. The zero-order valence-electron chi connectivity index (χ0n) is 32.7. The Balaban J connectivity index is 0.989. The summed E-state index contributed by atoms with van der Waals surface area (Å²) in [5, 5.41) is 7.12. The van der Waals surface area contributed by atoms with Crippen molar-refractivity contribution < 1.29 is 28.5 Å². The summed E-state index contributed by atoms with van der Waals surface area (Å²) >= 11 is 12.2. The third-order valence-electron chi connectivity index (χ3n) is 10.0. The molecule has 0 fully saturated rings. The Morgan fingerprint density at radius 2 is 1.60 bits per heavy atom. The summed E-state index contributed by atoms with van der Waals surface area (Å²) in [6, 6.07) is 25.7. The highest BCUT2D eigenvalue weighted by Gasteiger charge is 2.37. The number of pyridine rings is 1. The zero-order valence-corrected chi connectivity index (χ0v) is 34.2. The average molecular weight is 810 g/mol. The lowest BCUT2D eigenvalue weighted by Gasteiger charge is -2.38. The number of urea groups is 1. The summed E-state index contributed by atoms with van der Waals surface area (Å²) in [5.74, 6) is 3.18. The quantitative estimate of drug-likeness (QED) is 0.145. The van der Waals surface area contributed by atoms with Gasteiger partial charge in [0.05, 0.1) is 10.0 Å². The molecule has 2 aliphatic rings. The molecule has 0 aliphatic carbocycles. The van der Waals surface area contributed by atoms with E-state index >= 15 is 0 Å². The number of aryl methyl sites for hydroxylation is 1. The molecule has 0 saturated heterocycles. The van der Waals surface area contributed by atoms with Gasteiger partial charge in [0.1, 0.15) is 36.5 Å². The van der Waals surface area contributed by atoms with Crippen molar-refractivity contribution in [2.75, 3.05) is 13.2 Å². The highest BCUT2D eigenvalue weighted by Crippen LogP contribution is 2.41. The molecule has 5 aromatic rings. The molecule has 4 aromatic carbocycles. The molecule has 12 heteroatoms. The summed E-state index contributed by atoms with van der Waals surface area (Å²) in [4.78, 5) is 33.4. The Kier molecular flexibility index (Phi) is 11.8. The fourth-order valence-corrected chi connectivity index (χ4v) is 7.08. The average Bonchev–Trinajstić information content (AvgIpc) is 3.18. The predicted octanol–water partition coefficient (Wildman–Crippen LogP) is 9.48. The van der Waals surface area contributed by atoms with Crippen LogP contribution in [0.4, 0.5) is 4.79 Å². The van der Waals surface area contributed by atoms with Gasteiger partial charge in [0.15, 0.2) is 17.6 Å². The molecule has 2 atom stereocenters. The number of fused-ring (bicyclic) bond motifs is 2. The molecule has 10 nitrogen and oxygen atoms in total. The smallest absolute Gasteiger partial charge is 0.318 e. The van der Waals surface area contributed by atoms with Crippen LogP contribution in [0.25, 0.3) is 0 Å². The number of halogens is 2. The fourth-order valence-electron chi connectivity index (χ4n) is 6.76. The minimum absolute atomic E-state index is 0.215. The number of hydrogen-bond donors (Lipinski definition) is 2. The lowest BCUT2D eigenvalue weighted by molar-refractivity contribution is -0.126. The van der Waals surface area contributed by atoms with Crippen LogP contribution in [0, 0.1) is 13.8 Å². The van der Waals surface area contributed by atoms with Gasteiger partial charge in [-0.25, -0.2) is 4.79 Å². The molecule has 1 aromatic heterocycles. The first-order chi connectivity index (χ1) is 27.3. The van der Waals surface area contributed by atoms with Gasteiger partial charge >= 0.3 is 6.03 Å². The van der Waals surface area contributed by atoms with Gasteiger partial charge < -0.3 is 34.5 Å². The maximum atomic E-state index is 13.8. The molecule has 57 heavy (non-hydrogen) atoms. The SMILES string of the molecule is Cc1nccc(Oc2ccc(CCNC(=O)C3Cc4cc5c(cc4CN3C(=O)NC(C)(C)C)OC(c3ccc(OCc4ccc(Cl)c(Cl)c4)cc3)CO5)cc2)c1C. The number of ether oxygens (including phenoxy) is 4. The molecule has 0 saturated carbocycles. The maximum absolute atomic E-state index is 13.8. The van der Waals surface area contributed by atoms with E-state index in [0.29, 0.717) is 59.9 Å². The van der Waals surface area contributed by atoms with Gasteiger partial charge in [-0.15, -0.1) is 0 Å². The fraction of sp³-hybridized carbons (Fsp3) is 0.311. The number of benzene rings is 4. The van der Waals surface area contributed by atoms with Gasteiger partial charge in [-0.1, -0.05) is 53.5 Å². The van der Waals surface area contributed by atoms with E-state index in [1.54, 1.807) is 23.2 Å². The van der Waals surface area contributed by atoms with E-state index < -0.39 is 11.6 Å². The van der Waals surface area contributed by atoms with Gasteiger partial charge in [0.25, 0.3) is 0 Å². The van der Waals surface area contributed by atoms with E-state index in [2.05, 4.69) is 15.6 Å². The summed E-state index contributed by atoms with van der Waals surface area (Å²) in [5.41, 5.74) is 6.16. The first-order valence-corrected chi connectivity index (χ1v) is 19.7. The number of nitrogens with zero attached hydrogens (tertiary/aromatic N) is 2. The largest absolute Gasteiger partial charge is 0.489 e. The van der Waals surface area contributed by atoms with E-state index in [9.17, 15) is 9.59 Å². The Hall–Kier alpha value is -5.45. The second-order valence-electron chi connectivity index (χ2n) is 15.4. The highest BCUT2D eigenvalue weighted by atomic mass is 35.5. The van der Waals surface area contributed by atoms with Gasteiger partial charge in [-0.3, -0.25) is 9.78 Å². The van der Waals surface area contributed by atoms with E-state index in [0.717, 1.165) is 50.6 Å². The molecular weight excluding hydrogens is 763 g/mol. The molecule has 3 amide bonds. The van der Waals surface area contributed by atoms with Crippen LogP contribution in [0.2, 0.25) is 10.0 Å².